The lowest BCUT2D eigenvalue weighted by Gasteiger charge is -1.97. The second kappa shape index (κ2) is 4.61. The molecule has 0 aromatic carbocycles. The Balaban J connectivity index is 2.69. The lowest BCUT2D eigenvalue weighted by Crippen LogP contribution is -1.99. The SMILES string of the molecule is C=C(Br)CNc1nc(Cl)c(C#N)s1. The Kier molecular flexibility index (Phi) is 3.72. The van der Waals surface area contributed by atoms with Crippen molar-refractivity contribution in [2.45, 2.75) is 0 Å². The van der Waals surface area contributed by atoms with Crippen molar-refractivity contribution in [2.24, 2.45) is 0 Å². The van der Waals surface area contributed by atoms with Gasteiger partial charge in [-0.15, -0.1) is 0 Å². The first-order valence-corrected chi connectivity index (χ1v) is 5.26. The summed E-state index contributed by atoms with van der Waals surface area (Å²) < 4.78 is 0.817. The van der Waals surface area contributed by atoms with Gasteiger partial charge in [-0.2, -0.15) is 5.26 Å². The van der Waals surface area contributed by atoms with Crippen LogP contribution < -0.4 is 5.32 Å². The molecule has 0 saturated carbocycles. The van der Waals surface area contributed by atoms with Crippen molar-refractivity contribution in [1.29, 1.82) is 5.26 Å². The van der Waals surface area contributed by atoms with Crippen molar-refractivity contribution < 1.29 is 0 Å². The van der Waals surface area contributed by atoms with Gasteiger partial charge in [0.1, 0.15) is 10.9 Å². The number of anilines is 1. The third-order valence-corrected chi connectivity index (χ3v) is 2.70. The van der Waals surface area contributed by atoms with Gasteiger partial charge in [0, 0.05) is 11.0 Å². The minimum absolute atomic E-state index is 0.246. The molecule has 0 aliphatic carbocycles. The van der Waals surface area contributed by atoms with Crippen LogP contribution in [-0.2, 0) is 0 Å². The predicted octanol–water partition coefficient (Wildman–Crippen LogP) is 2.99. The number of nitrogens with one attached hydrogen (secondary N) is 1. The number of hydrogen-bond donors (Lipinski definition) is 1. The number of aromatic nitrogens is 1. The maximum atomic E-state index is 8.59. The van der Waals surface area contributed by atoms with Gasteiger partial charge in [0.2, 0.25) is 0 Å². The average molecular weight is 279 g/mol. The molecular weight excluding hydrogens is 274 g/mol. The highest BCUT2D eigenvalue weighted by atomic mass is 79.9. The first kappa shape index (κ1) is 10.5. The van der Waals surface area contributed by atoms with Gasteiger partial charge in [-0.05, 0) is 0 Å². The number of nitriles is 1. The summed E-state index contributed by atoms with van der Waals surface area (Å²) in [5.41, 5.74) is 0. The lowest BCUT2D eigenvalue weighted by molar-refractivity contribution is 1.27. The molecule has 6 heteroatoms. The van der Waals surface area contributed by atoms with Gasteiger partial charge in [-0.1, -0.05) is 45.4 Å². The monoisotopic (exact) mass is 277 g/mol. The molecule has 0 amide bonds. The van der Waals surface area contributed by atoms with E-state index in [2.05, 4.69) is 32.8 Å². The van der Waals surface area contributed by atoms with Crippen molar-refractivity contribution in [3.05, 3.63) is 21.1 Å². The van der Waals surface area contributed by atoms with Crippen LogP contribution in [0.5, 0.6) is 0 Å². The van der Waals surface area contributed by atoms with Crippen LogP contribution in [-0.4, -0.2) is 11.5 Å². The van der Waals surface area contributed by atoms with Crippen molar-refractivity contribution in [2.75, 3.05) is 11.9 Å². The van der Waals surface area contributed by atoms with Crippen molar-refractivity contribution >= 4 is 44.0 Å². The maximum Gasteiger partial charge on any atom is 0.185 e. The molecule has 0 aliphatic heterocycles. The minimum Gasteiger partial charge on any atom is -0.357 e. The number of nitrogens with zero attached hydrogens (tertiary/aromatic N) is 2. The number of rotatable bonds is 3. The lowest BCUT2D eigenvalue weighted by atomic mass is 10.6. The van der Waals surface area contributed by atoms with Crippen LogP contribution in [0.1, 0.15) is 4.88 Å². The summed E-state index contributed by atoms with van der Waals surface area (Å²) in [5, 5.41) is 12.4. The van der Waals surface area contributed by atoms with Gasteiger partial charge < -0.3 is 5.32 Å². The summed E-state index contributed by atoms with van der Waals surface area (Å²) in [4.78, 5) is 4.36. The Hall–Kier alpha value is -0.570. The third kappa shape index (κ3) is 2.99. The van der Waals surface area contributed by atoms with Gasteiger partial charge in [-0.25, -0.2) is 4.98 Å². The molecule has 0 fully saturated rings. The van der Waals surface area contributed by atoms with E-state index in [9.17, 15) is 0 Å². The fraction of sp³-hybridized carbons (Fsp3) is 0.143. The first-order valence-electron chi connectivity index (χ1n) is 3.27. The molecule has 1 heterocycles. The number of hydrogen-bond acceptors (Lipinski definition) is 4. The fourth-order valence-electron chi connectivity index (χ4n) is 0.618. The molecular formula is C7H5BrClN3S. The van der Waals surface area contributed by atoms with Crippen LogP contribution in [0.2, 0.25) is 5.15 Å². The summed E-state index contributed by atoms with van der Waals surface area (Å²) >= 11 is 10.1. The molecule has 1 aromatic heterocycles. The van der Waals surface area contributed by atoms with Gasteiger partial charge in [0.25, 0.3) is 0 Å². The van der Waals surface area contributed by atoms with Crippen LogP contribution in [0, 0.1) is 11.3 Å². The number of halogens is 2. The average Bonchev–Trinajstić information content (AvgIpc) is 2.43. The van der Waals surface area contributed by atoms with E-state index in [0.29, 0.717) is 16.6 Å². The molecule has 68 valence electrons. The van der Waals surface area contributed by atoms with Crippen LogP contribution in [0.15, 0.2) is 11.1 Å². The standard InChI is InChI=1S/C7H5BrClN3S/c1-4(8)3-11-7-12-6(9)5(2-10)13-7/h1,3H2,(H,11,12). The van der Waals surface area contributed by atoms with E-state index >= 15 is 0 Å². The van der Waals surface area contributed by atoms with Gasteiger partial charge in [0.15, 0.2) is 10.3 Å². The molecule has 0 radical (unpaired) electrons. The van der Waals surface area contributed by atoms with E-state index in [0.717, 1.165) is 4.48 Å². The Morgan fingerprint density at radius 3 is 3.00 bits per heavy atom. The second-order valence-corrected chi connectivity index (χ2v) is 4.60. The van der Waals surface area contributed by atoms with Crippen LogP contribution >= 0.6 is 38.9 Å². The molecule has 3 nitrogen and oxygen atoms in total. The van der Waals surface area contributed by atoms with Crippen molar-refractivity contribution in [3.63, 3.8) is 0 Å². The van der Waals surface area contributed by atoms with E-state index in [1.165, 1.54) is 11.3 Å². The highest BCUT2D eigenvalue weighted by molar-refractivity contribution is 9.11. The maximum absolute atomic E-state index is 8.59. The van der Waals surface area contributed by atoms with Gasteiger partial charge in [-0.3, -0.25) is 0 Å². The molecule has 0 atom stereocenters. The second-order valence-electron chi connectivity index (χ2n) is 2.12. The summed E-state index contributed by atoms with van der Waals surface area (Å²) in [6.07, 6.45) is 0. The number of thiazole rings is 1. The fourth-order valence-corrected chi connectivity index (χ4v) is 1.70. The van der Waals surface area contributed by atoms with E-state index < -0.39 is 0 Å². The molecule has 1 aromatic rings. The zero-order chi connectivity index (χ0) is 9.84. The van der Waals surface area contributed by atoms with E-state index in [1.807, 2.05) is 6.07 Å². The zero-order valence-corrected chi connectivity index (χ0v) is 9.63. The summed E-state index contributed by atoms with van der Waals surface area (Å²) in [6.45, 7) is 4.22. The Labute approximate surface area is 93.2 Å². The Morgan fingerprint density at radius 2 is 2.54 bits per heavy atom. The Morgan fingerprint density at radius 1 is 1.85 bits per heavy atom. The zero-order valence-electron chi connectivity index (χ0n) is 6.47. The van der Waals surface area contributed by atoms with Gasteiger partial charge in [0.05, 0.1) is 0 Å². The molecule has 13 heavy (non-hydrogen) atoms. The molecule has 0 aliphatic rings. The third-order valence-electron chi connectivity index (χ3n) is 1.12. The minimum atomic E-state index is 0.246. The van der Waals surface area contributed by atoms with Crippen LogP contribution in [0.3, 0.4) is 0 Å². The largest absolute Gasteiger partial charge is 0.357 e. The van der Waals surface area contributed by atoms with Crippen molar-refractivity contribution in [1.82, 2.24) is 4.98 Å². The predicted molar refractivity (Wildman–Crippen MR) is 58.4 cm³/mol. The summed E-state index contributed by atoms with van der Waals surface area (Å²) in [5.74, 6) is 0. The molecule has 1 N–H and O–H groups in total. The normalized spacial score (nSPS) is 9.31. The Bertz CT molecular complexity index is 368. The smallest absolute Gasteiger partial charge is 0.185 e. The highest BCUT2D eigenvalue weighted by Gasteiger charge is 2.07. The molecule has 0 unspecified atom stereocenters. The summed E-state index contributed by atoms with van der Waals surface area (Å²) in [6, 6.07) is 1.95. The van der Waals surface area contributed by atoms with E-state index in [-0.39, 0.29) is 5.15 Å². The van der Waals surface area contributed by atoms with E-state index in [4.69, 9.17) is 16.9 Å². The molecule has 0 saturated heterocycles. The summed E-state index contributed by atoms with van der Waals surface area (Å²) in [7, 11) is 0. The molecule has 1 rings (SSSR count). The quantitative estimate of drug-likeness (QED) is 0.924. The van der Waals surface area contributed by atoms with Crippen LogP contribution in [0.4, 0.5) is 5.13 Å². The highest BCUT2D eigenvalue weighted by Crippen LogP contribution is 2.25. The topological polar surface area (TPSA) is 48.7 Å². The molecule has 0 spiro atoms. The van der Waals surface area contributed by atoms with Crippen LogP contribution in [0.25, 0.3) is 0 Å². The van der Waals surface area contributed by atoms with Crippen molar-refractivity contribution in [3.8, 4) is 6.07 Å². The van der Waals surface area contributed by atoms with E-state index in [1.54, 1.807) is 0 Å². The molecule has 0 bridgehead atoms. The van der Waals surface area contributed by atoms with Gasteiger partial charge >= 0.3 is 0 Å². The first-order chi connectivity index (χ1) is 6.13.